The Kier molecular flexibility index (Phi) is 14.1. The van der Waals surface area contributed by atoms with Gasteiger partial charge in [0.05, 0.1) is 7.11 Å². The predicted molar refractivity (Wildman–Crippen MR) is 306 cm³/mol. The van der Waals surface area contributed by atoms with E-state index >= 15 is 0 Å². The molecule has 72 heavy (non-hydrogen) atoms. The molecule has 0 saturated heterocycles. The number of methoxy groups -OCH3 is 1. The van der Waals surface area contributed by atoms with Crippen LogP contribution >= 0.6 is 16.8 Å². The number of benzene rings is 5. The molecule has 1 aliphatic rings. The Balaban J connectivity index is 1.68. The van der Waals surface area contributed by atoms with Gasteiger partial charge in [-0.3, -0.25) is 0 Å². The van der Waals surface area contributed by atoms with Crippen LogP contribution in [0, 0.1) is 0 Å². The minimum Gasteiger partial charge on any atom is -0.493 e. The summed E-state index contributed by atoms with van der Waals surface area (Å²) in [6.45, 7) is 54.4. The molecule has 5 aromatic carbocycles. The van der Waals surface area contributed by atoms with E-state index in [4.69, 9.17) is 31.2 Å². The van der Waals surface area contributed by atoms with Crippen molar-refractivity contribution in [1.82, 2.24) is 0 Å². The quantitative estimate of drug-likeness (QED) is 0.154. The van der Waals surface area contributed by atoms with Crippen molar-refractivity contribution in [3.8, 4) is 39.9 Å². The van der Waals surface area contributed by atoms with Crippen LogP contribution in [0.5, 0.6) is 28.7 Å². The topological polar surface area (TPSA) is 72.4 Å². The fraction of sp³-hybridized carbons (Fsp3) is 0.524. The summed E-state index contributed by atoms with van der Waals surface area (Å²) in [5.74, 6) is 3.06. The molecular formula is C63H86O7P2. The van der Waals surface area contributed by atoms with Gasteiger partial charge >= 0.3 is 16.8 Å². The molecule has 0 fully saturated rings. The third-order valence-electron chi connectivity index (χ3n) is 13.8. The van der Waals surface area contributed by atoms with E-state index in [2.05, 4.69) is 215 Å². The zero-order valence-corrected chi connectivity index (χ0v) is 50.4. The second kappa shape index (κ2) is 18.4. The molecule has 9 heteroatoms. The molecule has 390 valence electrons. The maximum Gasteiger partial charge on any atom is 0.530 e. The first-order chi connectivity index (χ1) is 32.7. The van der Waals surface area contributed by atoms with Crippen LogP contribution in [0.4, 0.5) is 0 Å². The first-order valence-electron chi connectivity index (χ1n) is 25.8. The van der Waals surface area contributed by atoms with Gasteiger partial charge in [-0.15, -0.1) is 0 Å². The summed E-state index contributed by atoms with van der Waals surface area (Å²) in [4.78, 5) is 0. The lowest BCUT2D eigenvalue weighted by molar-refractivity contribution is 0.389. The Morgan fingerprint density at radius 2 is 0.750 bits per heavy atom. The average molecular weight is 1020 g/mol. The molecule has 1 atom stereocenters. The van der Waals surface area contributed by atoms with E-state index in [1.54, 1.807) is 7.11 Å². The molecule has 6 aromatic rings. The standard InChI is InChI=1S/C63H86O7P2/c1-56(2,3)37-29-41(51(45(33-37)60(13,14)15)66-71-65-50-28-26-27-49(64-25)55(50)70-71)42-30-38(57(4,5)6)34-46(61(16,17)18)52(42)67-72-68-53-43(31-39(58(7,8)9)35-47(53)62(19,20)21)44-32-40(59(10,11)12)36-48(54(44)69-72)63(22,23)24/h26-36H,1-25H3. The first kappa shape index (κ1) is 55.2. The molecule has 7 nitrogen and oxygen atoms in total. The van der Waals surface area contributed by atoms with Crippen LogP contribution in [0.2, 0.25) is 0 Å². The smallest absolute Gasteiger partial charge is 0.493 e. The lowest BCUT2D eigenvalue weighted by Gasteiger charge is -2.32. The summed E-state index contributed by atoms with van der Waals surface area (Å²) in [6.07, 6.45) is 0. The zero-order valence-electron chi connectivity index (χ0n) is 48.6. The van der Waals surface area contributed by atoms with Gasteiger partial charge in [0.25, 0.3) is 0 Å². The van der Waals surface area contributed by atoms with Crippen molar-refractivity contribution < 1.29 is 31.2 Å². The SMILES string of the molecule is COc1cccc2c1OP(Oc1c(-c3cc(C(C)(C)C)cc(C(C)(C)C)c3Op3oc4c(C(C)(C)C)cc(C(C)(C)C)cc4c4cc(C(C)(C)C)cc(C(C)(C)C)c4o3)cc(C(C)(C)C)cc1C(C)(C)C)O2. The largest absolute Gasteiger partial charge is 0.530 e. The minimum atomic E-state index is -2.18. The Morgan fingerprint density at radius 1 is 0.389 bits per heavy atom. The van der Waals surface area contributed by atoms with Gasteiger partial charge in [0, 0.05) is 44.2 Å². The molecule has 0 saturated carbocycles. The predicted octanol–water partition coefficient (Wildman–Crippen LogP) is 20.3. The van der Waals surface area contributed by atoms with E-state index < -0.39 is 22.3 Å². The van der Waals surface area contributed by atoms with Crippen molar-refractivity contribution in [2.24, 2.45) is 0 Å². The lowest BCUT2D eigenvalue weighted by atomic mass is 9.75. The Labute approximate surface area is 435 Å². The number of hydrogen-bond acceptors (Lipinski definition) is 7. The van der Waals surface area contributed by atoms with E-state index in [9.17, 15) is 0 Å². The van der Waals surface area contributed by atoms with Crippen LogP contribution in [-0.4, -0.2) is 7.11 Å². The molecular weight excluding hydrogens is 931 g/mol. The zero-order chi connectivity index (χ0) is 53.9. The van der Waals surface area contributed by atoms with Gasteiger partial charge in [0.1, 0.15) is 22.7 Å². The second-order valence-corrected chi connectivity index (χ2v) is 30.4. The summed E-state index contributed by atoms with van der Waals surface area (Å²) in [7, 11) is -2.48. The maximum atomic E-state index is 7.74. The van der Waals surface area contributed by atoms with Crippen molar-refractivity contribution in [3.05, 3.63) is 111 Å². The van der Waals surface area contributed by atoms with Gasteiger partial charge in [0.15, 0.2) is 11.5 Å². The summed E-state index contributed by atoms with van der Waals surface area (Å²) in [5.41, 5.74) is 10.3. The highest BCUT2D eigenvalue weighted by molar-refractivity contribution is 7.43. The van der Waals surface area contributed by atoms with Crippen molar-refractivity contribution in [2.45, 2.75) is 209 Å². The van der Waals surface area contributed by atoms with Crippen LogP contribution in [0.15, 0.2) is 75.1 Å². The second-order valence-electron chi connectivity index (χ2n) is 28.4. The van der Waals surface area contributed by atoms with Gasteiger partial charge < -0.3 is 31.2 Å². The summed E-state index contributed by atoms with van der Waals surface area (Å²) in [5, 5.41) is 2.04. The molecule has 2 heterocycles. The van der Waals surface area contributed by atoms with Crippen LogP contribution in [0.1, 0.15) is 211 Å². The van der Waals surface area contributed by atoms with E-state index in [1.807, 2.05) is 18.2 Å². The van der Waals surface area contributed by atoms with E-state index in [1.165, 1.54) is 11.1 Å². The lowest BCUT2D eigenvalue weighted by Crippen LogP contribution is -2.20. The Bertz CT molecular complexity index is 2990. The van der Waals surface area contributed by atoms with E-state index in [-0.39, 0.29) is 37.9 Å². The van der Waals surface area contributed by atoms with Crippen molar-refractivity contribution in [1.29, 1.82) is 0 Å². The monoisotopic (exact) mass is 1020 g/mol. The molecule has 0 spiro atoms. The van der Waals surface area contributed by atoms with Crippen molar-refractivity contribution in [2.75, 3.05) is 7.11 Å². The molecule has 7 rings (SSSR count). The van der Waals surface area contributed by atoms with Gasteiger partial charge in [0.2, 0.25) is 5.75 Å². The molecule has 1 aromatic heterocycles. The third kappa shape index (κ3) is 11.2. The normalized spacial score (nSPS) is 15.1. The summed E-state index contributed by atoms with van der Waals surface area (Å²) >= 11 is 0. The number of fused-ring (bicyclic) bond motifs is 4. The number of hydrogen-bond donors (Lipinski definition) is 0. The maximum absolute atomic E-state index is 7.74. The van der Waals surface area contributed by atoms with Crippen molar-refractivity contribution >= 4 is 38.8 Å². The molecule has 0 N–H and O–H groups in total. The first-order valence-corrected chi connectivity index (χ1v) is 28.0. The third-order valence-corrected chi connectivity index (χ3v) is 15.8. The van der Waals surface area contributed by atoms with Gasteiger partial charge in [-0.1, -0.05) is 197 Å². The number of ether oxygens (including phenoxy) is 1. The van der Waals surface area contributed by atoms with Crippen LogP contribution in [-0.2, 0) is 43.3 Å². The highest BCUT2D eigenvalue weighted by atomic mass is 31.2. The van der Waals surface area contributed by atoms with E-state index in [0.29, 0.717) is 28.7 Å². The highest BCUT2D eigenvalue weighted by Crippen LogP contribution is 2.60. The van der Waals surface area contributed by atoms with Crippen LogP contribution < -0.4 is 22.8 Å². The summed E-state index contributed by atoms with van der Waals surface area (Å²) < 4.78 is 48.7. The Morgan fingerprint density at radius 3 is 1.11 bits per heavy atom. The van der Waals surface area contributed by atoms with Gasteiger partial charge in [-0.2, -0.15) is 0 Å². The van der Waals surface area contributed by atoms with Crippen molar-refractivity contribution in [3.63, 3.8) is 0 Å². The summed E-state index contributed by atoms with van der Waals surface area (Å²) in [6, 6.07) is 24.2. The fourth-order valence-corrected chi connectivity index (χ4v) is 11.3. The van der Waals surface area contributed by atoms with Gasteiger partial charge in [-0.05, 0) is 102 Å². The van der Waals surface area contributed by atoms with E-state index in [0.717, 1.165) is 66.4 Å². The highest BCUT2D eigenvalue weighted by Gasteiger charge is 2.39. The molecule has 0 bridgehead atoms. The van der Waals surface area contributed by atoms with Gasteiger partial charge in [-0.25, -0.2) is 0 Å². The van der Waals surface area contributed by atoms with Crippen LogP contribution in [0.25, 0.3) is 33.1 Å². The molecule has 1 aliphatic heterocycles. The number of rotatable bonds is 6. The molecule has 1 unspecified atom stereocenters. The van der Waals surface area contributed by atoms with Crippen LogP contribution in [0.3, 0.4) is 0 Å². The number of para-hydroxylation sites is 1. The molecule has 0 amide bonds. The fourth-order valence-electron chi connectivity index (χ4n) is 9.05. The Hall–Kier alpha value is -4.57. The minimum absolute atomic E-state index is 0.137. The molecule has 0 radical (unpaired) electrons. The average Bonchev–Trinajstić information content (AvgIpc) is 3.56. The molecule has 0 aliphatic carbocycles.